The van der Waals surface area contributed by atoms with Crippen LogP contribution in [-0.2, 0) is 16.6 Å². The fraction of sp³-hybridized carbons (Fsp3) is 0.219. The maximum atomic E-state index is 12.9. The first-order chi connectivity index (χ1) is 21.4. The molecular weight excluding hydrogens is 590 g/mol. The molecule has 0 radical (unpaired) electrons. The van der Waals surface area contributed by atoms with E-state index in [0.717, 1.165) is 38.5 Å². The Kier molecular flexibility index (Phi) is 7.59. The van der Waals surface area contributed by atoms with Gasteiger partial charge in [-0.1, -0.05) is 6.07 Å². The zero-order chi connectivity index (χ0) is 31.9. The summed E-state index contributed by atoms with van der Waals surface area (Å²) in [7, 11) is -0.213. The maximum absolute atomic E-state index is 12.9. The van der Waals surface area contributed by atoms with Crippen molar-refractivity contribution in [1.82, 2.24) is 29.9 Å². The van der Waals surface area contributed by atoms with Crippen molar-refractivity contribution in [2.75, 3.05) is 29.0 Å². The molecule has 2 aromatic carbocycles. The van der Waals surface area contributed by atoms with Crippen LogP contribution in [0.2, 0.25) is 0 Å². The van der Waals surface area contributed by atoms with Crippen molar-refractivity contribution in [1.29, 1.82) is 0 Å². The molecule has 0 bridgehead atoms. The van der Waals surface area contributed by atoms with Crippen molar-refractivity contribution in [2.45, 2.75) is 37.8 Å². The number of pyridine rings is 2. The topological polar surface area (TPSA) is 151 Å². The first-order valence-corrected chi connectivity index (χ1v) is 15.7. The van der Waals surface area contributed by atoms with Gasteiger partial charge in [-0.2, -0.15) is 5.10 Å². The Labute approximate surface area is 260 Å². The molecule has 0 saturated heterocycles. The smallest absolute Gasteiger partial charge is 0.263 e. The summed E-state index contributed by atoms with van der Waals surface area (Å²) < 4.78 is 30.1. The Bertz CT molecular complexity index is 2120. The quantitative estimate of drug-likeness (QED) is 0.198. The van der Waals surface area contributed by atoms with Gasteiger partial charge in [0.05, 0.1) is 34.4 Å². The number of rotatable bonds is 9. The number of hydrogen-bond donors (Lipinski definition) is 3. The lowest BCUT2D eigenvalue weighted by Crippen LogP contribution is -2.26. The zero-order valence-electron chi connectivity index (χ0n) is 25.5. The third-order valence-electron chi connectivity index (χ3n) is 7.32. The van der Waals surface area contributed by atoms with Gasteiger partial charge in [0.25, 0.3) is 10.0 Å². The van der Waals surface area contributed by atoms with Gasteiger partial charge in [0.15, 0.2) is 11.6 Å². The SMILES string of the molecule is Cc1c(-c2nccc3cnc(Nc4ccc(S(=O)(=O)Nc5ccc(N(C)C)nn5)cc4)cc23)ccc2c1cnn2CC(C)(C)O. The molecule has 0 amide bonds. The molecule has 0 spiro atoms. The Hall–Kier alpha value is -5.14. The fourth-order valence-electron chi connectivity index (χ4n) is 5.07. The van der Waals surface area contributed by atoms with Gasteiger partial charge in [0.1, 0.15) is 5.82 Å². The lowest BCUT2D eigenvalue weighted by Gasteiger charge is -2.18. The molecule has 0 fully saturated rings. The molecule has 230 valence electrons. The summed E-state index contributed by atoms with van der Waals surface area (Å²) in [6.07, 6.45) is 5.37. The van der Waals surface area contributed by atoms with Crippen LogP contribution >= 0.6 is 0 Å². The molecule has 4 aromatic heterocycles. The normalized spacial score (nSPS) is 12.0. The van der Waals surface area contributed by atoms with E-state index in [1.54, 1.807) is 55.4 Å². The van der Waals surface area contributed by atoms with Crippen molar-refractivity contribution < 1.29 is 13.5 Å². The zero-order valence-corrected chi connectivity index (χ0v) is 26.3. The van der Waals surface area contributed by atoms with Gasteiger partial charge in [-0.3, -0.25) is 14.4 Å². The lowest BCUT2D eigenvalue weighted by molar-refractivity contribution is 0.0591. The van der Waals surface area contributed by atoms with Crippen LogP contribution in [-0.4, -0.2) is 63.2 Å². The van der Waals surface area contributed by atoms with Crippen LogP contribution in [0.15, 0.2) is 84.1 Å². The number of fused-ring (bicyclic) bond motifs is 2. The summed E-state index contributed by atoms with van der Waals surface area (Å²) in [4.78, 5) is 11.2. The summed E-state index contributed by atoms with van der Waals surface area (Å²) in [6.45, 7) is 5.95. The number of nitrogens with zero attached hydrogens (tertiary/aromatic N) is 7. The summed E-state index contributed by atoms with van der Waals surface area (Å²) in [5.74, 6) is 1.33. The Morgan fingerprint density at radius 1 is 0.911 bits per heavy atom. The van der Waals surface area contributed by atoms with Gasteiger partial charge in [-0.15, -0.1) is 10.2 Å². The number of nitrogens with one attached hydrogen (secondary N) is 2. The molecule has 12 nitrogen and oxygen atoms in total. The van der Waals surface area contributed by atoms with Crippen molar-refractivity contribution in [2.24, 2.45) is 0 Å². The van der Waals surface area contributed by atoms with E-state index in [0.29, 0.717) is 23.9 Å². The molecule has 0 aliphatic carbocycles. The molecule has 3 N–H and O–H groups in total. The molecule has 0 unspecified atom stereocenters. The third kappa shape index (κ3) is 6.26. The highest BCUT2D eigenvalue weighted by Crippen LogP contribution is 2.34. The van der Waals surface area contributed by atoms with Crippen LogP contribution < -0.4 is 14.9 Å². The number of anilines is 4. The summed E-state index contributed by atoms with van der Waals surface area (Å²) >= 11 is 0. The van der Waals surface area contributed by atoms with Gasteiger partial charge in [0.2, 0.25) is 0 Å². The maximum Gasteiger partial charge on any atom is 0.263 e. The van der Waals surface area contributed by atoms with E-state index in [4.69, 9.17) is 4.98 Å². The molecule has 13 heteroatoms. The minimum absolute atomic E-state index is 0.0845. The highest BCUT2D eigenvalue weighted by molar-refractivity contribution is 7.92. The van der Waals surface area contributed by atoms with Crippen molar-refractivity contribution in [3.8, 4) is 11.3 Å². The third-order valence-corrected chi connectivity index (χ3v) is 8.69. The highest BCUT2D eigenvalue weighted by Gasteiger charge is 2.19. The second kappa shape index (κ2) is 11.4. The Morgan fingerprint density at radius 3 is 2.38 bits per heavy atom. The molecule has 0 saturated carbocycles. The van der Waals surface area contributed by atoms with E-state index < -0.39 is 15.6 Å². The second-order valence-corrected chi connectivity index (χ2v) is 13.3. The van der Waals surface area contributed by atoms with Crippen LogP contribution in [0.5, 0.6) is 0 Å². The Morgan fingerprint density at radius 2 is 1.69 bits per heavy atom. The minimum Gasteiger partial charge on any atom is -0.389 e. The van der Waals surface area contributed by atoms with Crippen LogP contribution in [0, 0.1) is 6.92 Å². The number of sulfonamides is 1. The summed E-state index contributed by atoms with van der Waals surface area (Å²) in [6, 6.07) is 17.5. The summed E-state index contributed by atoms with van der Waals surface area (Å²) in [5, 5.41) is 28.9. The predicted molar refractivity (Wildman–Crippen MR) is 176 cm³/mol. The highest BCUT2D eigenvalue weighted by atomic mass is 32.2. The number of hydrogen-bond acceptors (Lipinski definition) is 10. The molecule has 0 aliphatic rings. The summed E-state index contributed by atoms with van der Waals surface area (Å²) in [5.41, 5.74) is 3.53. The average molecular weight is 624 g/mol. The predicted octanol–water partition coefficient (Wildman–Crippen LogP) is 5.13. The number of aliphatic hydroxyl groups is 1. The van der Waals surface area contributed by atoms with Crippen LogP contribution in [0.3, 0.4) is 0 Å². The first-order valence-electron chi connectivity index (χ1n) is 14.2. The standard InChI is InChI=1S/C32H33N9O3S/c1-20-24(10-11-27-26(20)18-35-41(27)19-32(2,3)42)31-25-16-29(34-17-21(25)14-15-33-31)36-22-6-8-23(9-7-22)45(43,44)39-28-12-13-30(38-37-28)40(4)5/h6-18,42H,19H2,1-5H3,(H,34,36)(H,37,39). The van der Waals surface area contributed by atoms with Gasteiger partial charge >= 0.3 is 0 Å². The molecule has 0 aliphatic heterocycles. The van der Waals surface area contributed by atoms with Crippen molar-refractivity contribution in [3.05, 3.63) is 84.8 Å². The lowest BCUT2D eigenvalue weighted by atomic mass is 9.98. The van der Waals surface area contributed by atoms with Crippen LogP contribution in [0.4, 0.5) is 23.1 Å². The fourth-order valence-corrected chi connectivity index (χ4v) is 6.07. The van der Waals surface area contributed by atoms with E-state index in [1.165, 1.54) is 12.1 Å². The Balaban J connectivity index is 1.25. The van der Waals surface area contributed by atoms with E-state index in [-0.39, 0.29) is 10.7 Å². The van der Waals surface area contributed by atoms with Crippen LogP contribution in [0.25, 0.3) is 32.9 Å². The van der Waals surface area contributed by atoms with E-state index in [2.05, 4.69) is 30.3 Å². The number of benzene rings is 2. The monoisotopic (exact) mass is 623 g/mol. The van der Waals surface area contributed by atoms with Gasteiger partial charge in [-0.25, -0.2) is 13.4 Å². The average Bonchev–Trinajstić information content (AvgIpc) is 3.39. The van der Waals surface area contributed by atoms with Crippen LogP contribution in [0.1, 0.15) is 19.4 Å². The van der Waals surface area contributed by atoms with E-state index in [1.807, 2.05) is 56.2 Å². The molecule has 0 atom stereocenters. The first kappa shape index (κ1) is 29.9. The second-order valence-electron chi connectivity index (χ2n) is 11.7. The molecule has 45 heavy (non-hydrogen) atoms. The van der Waals surface area contributed by atoms with Gasteiger partial charge in [0, 0.05) is 53.9 Å². The molecule has 6 aromatic rings. The number of aryl methyl sites for hydroxylation is 1. The van der Waals surface area contributed by atoms with E-state index in [9.17, 15) is 13.5 Å². The molecule has 6 rings (SSSR count). The van der Waals surface area contributed by atoms with E-state index >= 15 is 0 Å². The molecular formula is C32H33N9O3S. The van der Waals surface area contributed by atoms with Crippen molar-refractivity contribution >= 4 is 54.8 Å². The minimum atomic E-state index is -3.86. The molecule has 4 heterocycles. The number of aromatic nitrogens is 6. The van der Waals surface area contributed by atoms with Gasteiger partial charge in [-0.05, 0) is 80.9 Å². The van der Waals surface area contributed by atoms with Crippen molar-refractivity contribution in [3.63, 3.8) is 0 Å². The van der Waals surface area contributed by atoms with Gasteiger partial charge < -0.3 is 15.3 Å². The largest absolute Gasteiger partial charge is 0.389 e.